The number of aryl methyl sites for hydroxylation is 3. The normalized spacial score (nSPS) is 11.4. The summed E-state index contributed by atoms with van der Waals surface area (Å²) < 4.78 is 25.7. The number of aromatic nitrogens is 2. The molecule has 0 aliphatic carbocycles. The zero-order chi connectivity index (χ0) is 17.0. The van der Waals surface area contributed by atoms with Crippen molar-refractivity contribution >= 4 is 15.9 Å². The van der Waals surface area contributed by atoms with Crippen LogP contribution < -0.4 is 10.3 Å². The van der Waals surface area contributed by atoms with Gasteiger partial charge in [-0.3, -0.25) is 14.9 Å². The minimum absolute atomic E-state index is 0.0586. The van der Waals surface area contributed by atoms with Crippen LogP contribution in [0, 0.1) is 13.8 Å². The van der Waals surface area contributed by atoms with E-state index in [-0.39, 0.29) is 11.4 Å². The Hall–Kier alpha value is -2.19. The van der Waals surface area contributed by atoms with E-state index in [0.717, 1.165) is 23.4 Å². The largest absolute Gasteiger partial charge is 0.276 e. The molecule has 0 bridgehead atoms. The Bertz CT molecular complexity index is 795. The van der Waals surface area contributed by atoms with Crippen LogP contribution in [0.3, 0.4) is 0 Å². The Morgan fingerprint density at radius 1 is 1.22 bits per heavy atom. The third-order valence-electron chi connectivity index (χ3n) is 3.36. The molecule has 2 rings (SSSR count). The number of carbonyl (C=O) groups is 1. The highest BCUT2D eigenvalue weighted by molar-refractivity contribution is 7.89. The van der Waals surface area contributed by atoms with E-state index in [0.29, 0.717) is 0 Å². The first kappa shape index (κ1) is 17.2. The lowest BCUT2D eigenvalue weighted by molar-refractivity contribution is -0.122. The van der Waals surface area contributed by atoms with Gasteiger partial charge in [0.2, 0.25) is 0 Å². The monoisotopic (exact) mass is 336 g/mol. The second-order valence-corrected chi connectivity index (χ2v) is 6.92. The van der Waals surface area contributed by atoms with E-state index in [1.165, 1.54) is 16.8 Å². The highest BCUT2D eigenvalue weighted by Gasteiger charge is 2.15. The third-order valence-corrected chi connectivity index (χ3v) is 4.63. The van der Waals surface area contributed by atoms with E-state index in [1.807, 2.05) is 26.8 Å². The summed E-state index contributed by atoms with van der Waals surface area (Å²) in [6.07, 6.45) is 0.827. The maximum Gasteiger partial charge on any atom is 0.257 e. The number of nitrogens with zero attached hydrogens (tertiary/aromatic N) is 2. The molecule has 0 radical (unpaired) electrons. The maximum absolute atomic E-state index is 12.1. The molecule has 0 atom stereocenters. The molecule has 0 fully saturated rings. The number of amides is 1. The van der Waals surface area contributed by atoms with Crippen LogP contribution >= 0.6 is 0 Å². The van der Waals surface area contributed by atoms with Crippen molar-refractivity contribution < 1.29 is 13.2 Å². The number of nitrogens with one attached hydrogen (secondary N) is 2. The Morgan fingerprint density at radius 2 is 1.87 bits per heavy atom. The van der Waals surface area contributed by atoms with Gasteiger partial charge in [0.05, 0.1) is 10.6 Å². The quantitative estimate of drug-likeness (QED) is 0.772. The first-order valence-electron chi connectivity index (χ1n) is 7.22. The predicted molar refractivity (Wildman–Crippen MR) is 86.0 cm³/mol. The highest BCUT2D eigenvalue weighted by atomic mass is 32.2. The molecular weight excluding hydrogens is 316 g/mol. The number of hydrogen-bond donors (Lipinski definition) is 2. The van der Waals surface area contributed by atoms with E-state index in [1.54, 1.807) is 12.1 Å². The van der Waals surface area contributed by atoms with E-state index >= 15 is 0 Å². The molecule has 0 saturated heterocycles. The van der Waals surface area contributed by atoms with E-state index in [9.17, 15) is 13.2 Å². The molecule has 2 N–H and O–H groups in total. The van der Waals surface area contributed by atoms with Crippen molar-refractivity contribution in [2.24, 2.45) is 0 Å². The summed E-state index contributed by atoms with van der Waals surface area (Å²) in [5.74, 6) is -0.495. The number of sulfonamides is 1. The SMILES string of the molecule is CCc1ccc(S(=O)(=O)NNC(=O)Cn2nc(C)cc2C)cc1. The summed E-state index contributed by atoms with van der Waals surface area (Å²) in [6, 6.07) is 8.34. The van der Waals surface area contributed by atoms with Gasteiger partial charge in [-0.1, -0.05) is 19.1 Å². The van der Waals surface area contributed by atoms with Crippen LogP contribution in [-0.4, -0.2) is 24.1 Å². The van der Waals surface area contributed by atoms with Crippen molar-refractivity contribution in [3.05, 3.63) is 47.3 Å². The van der Waals surface area contributed by atoms with Crippen molar-refractivity contribution in [2.75, 3.05) is 0 Å². The summed E-state index contributed by atoms with van der Waals surface area (Å²) in [7, 11) is -3.79. The molecule has 1 heterocycles. The zero-order valence-corrected chi connectivity index (χ0v) is 14.1. The summed E-state index contributed by atoms with van der Waals surface area (Å²) in [6.45, 7) is 5.58. The van der Waals surface area contributed by atoms with E-state index in [2.05, 4.69) is 15.4 Å². The van der Waals surface area contributed by atoms with Crippen molar-refractivity contribution in [2.45, 2.75) is 38.6 Å². The lowest BCUT2D eigenvalue weighted by Crippen LogP contribution is -2.43. The number of carbonyl (C=O) groups excluding carboxylic acids is 1. The number of benzene rings is 1. The molecule has 124 valence electrons. The van der Waals surface area contributed by atoms with Crippen LogP contribution in [-0.2, 0) is 27.8 Å². The number of hydrazine groups is 1. The fourth-order valence-electron chi connectivity index (χ4n) is 2.10. The minimum atomic E-state index is -3.79. The predicted octanol–water partition coefficient (Wildman–Crippen LogP) is 1.07. The van der Waals surface area contributed by atoms with Crippen molar-refractivity contribution in [1.82, 2.24) is 20.0 Å². The van der Waals surface area contributed by atoms with Gasteiger partial charge in [-0.2, -0.15) is 5.10 Å². The molecule has 1 amide bonds. The first-order valence-corrected chi connectivity index (χ1v) is 8.71. The Balaban J connectivity index is 1.98. The highest BCUT2D eigenvalue weighted by Crippen LogP contribution is 2.10. The smallest absolute Gasteiger partial charge is 0.257 e. The molecule has 2 aromatic rings. The first-order chi connectivity index (χ1) is 10.8. The lowest BCUT2D eigenvalue weighted by atomic mass is 10.2. The second kappa shape index (κ2) is 6.93. The summed E-state index contributed by atoms with van der Waals surface area (Å²) in [4.78, 5) is 14.0. The average Bonchev–Trinajstić information content (AvgIpc) is 2.83. The molecule has 0 unspecified atom stereocenters. The summed E-state index contributed by atoms with van der Waals surface area (Å²) in [5.41, 5.74) is 4.86. The summed E-state index contributed by atoms with van der Waals surface area (Å²) >= 11 is 0. The molecule has 0 saturated carbocycles. The molecule has 7 nitrogen and oxygen atoms in total. The topological polar surface area (TPSA) is 93.1 Å². The lowest BCUT2D eigenvalue weighted by Gasteiger charge is -2.09. The van der Waals surface area contributed by atoms with Crippen LogP contribution in [0.4, 0.5) is 0 Å². The Kier molecular flexibility index (Phi) is 5.17. The molecule has 0 spiro atoms. The average molecular weight is 336 g/mol. The number of rotatable bonds is 6. The zero-order valence-electron chi connectivity index (χ0n) is 13.3. The van der Waals surface area contributed by atoms with Gasteiger partial charge in [0.25, 0.3) is 15.9 Å². The summed E-state index contributed by atoms with van der Waals surface area (Å²) in [5, 5.41) is 4.15. The second-order valence-electron chi connectivity index (χ2n) is 5.24. The molecule has 8 heteroatoms. The Labute approximate surface area is 135 Å². The van der Waals surface area contributed by atoms with E-state index in [4.69, 9.17) is 0 Å². The number of hydrogen-bond acceptors (Lipinski definition) is 4. The van der Waals surface area contributed by atoms with Gasteiger partial charge < -0.3 is 0 Å². The molecule has 1 aromatic carbocycles. The van der Waals surface area contributed by atoms with Crippen LogP contribution in [0.25, 0.3) is 0 Å². The minimum Gasteiger partial charge on any atom is -0.276 e. The van der Waals surface area contributed by atoms with Gasteiger partial charge in [-0.05, 0) is 44.0 Å². The Morgan fingerprint density at radius 3 is 2.39 bits per heavy atom. The maximum atomic E-state index is 12.1. The van der Waals surface area contributed by atoms with Crippen LogP contribution in [0.2, 0.25) is 0 Å². The fourth-order valence-corrected chi connectivity index (χ4v) is 2.96. The molecule has 0 aliphatic rings. The standard InChI is InChI=1S/C15H20N4O3S/c1-4-13-5-7-14(8-6-13)23(21,22)18-16-15(20)10-19-12(3)9-11(2)17-19/h5-9,18H,4,10H2,1-3H3,(H,16,20). The van der Waals surface area contributed by atoms with Crippen molar-refractivity contribution in [1.29, 1.82) is 0 Å². The van der Waals surface area contributed by atoms with Gasteiger partial charge in [-0.25, -0.2) is 8.42 Å². The molecule has 23 heavy (non-hydrogen) atoms. The van der Waals surface area contributed by atoms with Crippen molar-refractivity contribution in [3.63, 3.8) is 0 Å². The van der Waals surface area contributed by atoms with Gasteiger partial charge >= 0.3 is 0 Å². The van der Waals surface area contributed by atoms with Gasteiger partial charge in [0, 0.05) is 5.69 Å². The van der Waals surface area contributed by atoms with Gasteiger partial charge in [0.1, 0.15) is 6.54 Å². The van der Waals surface area contributed by atoms with E-state index < -0.39 is 15.9 Å². The van der Waals surface area contributed by atoms with Crippen molar-refractivity contribution in [3.8, 4) is 0 Å². The molecular formula is C15H20N4O3S. The third kappa shape index (κ3) is 4.40. The van der Waals surface area contributed by atoms with Gasteiger partial charge in [0.15, 0.2) is 0 Å². The van der Waals surface area contributed by atoms with Crippen LogP contribution in [0.5, 0.6) is 0 Å². The fraction of sp³-hybridized carbons (Fsp3) is 0.333. The molecule has 1 aromatic heterocycles. The van der Waals surface area contributed by atoms with Gasteiger partial charge in [-0.15, -0.1) is 4.83 Å². The van der Waals surface area contributed by atoms with Crippen LogP contribution in [0.15, 0.2) is 35.2 Å². The van der Waals surface area contributed by atoms with Crippen LogP contribution in [0.1, 0.15) is 23.9 Å². The molecule has 0 aliphatic heterocycles.